The smallest absolute Gasteiger partial charge is 0.332 e. The highest BCUT2D eigenvalue weighted by Gasteiger charge is 2.18. The van der Waals surface area contributed by atoms with E-state index in [1.807, 2.05) is 18.2 Å². The number of hydrogen-bond acceptors (Lipinski definition) is 6. The predicted molar refractivity (Wildman–Crippen MR) is 112 cm³/mol. The van der Waals surface area contributed by atoms with E-state index in [4.69, 9.17) is 0 Å². The molecular formula is C20H29N5O3. The number of hydrogen-bond donors (Lipinski definition) is 2. The Balaban J connectivity index is 1.48. The van der Waals surface area contributed by atoms with Crippen molar-refractivity contribution in [1.82, 2.24) is 14.0 Å². The molecule has 8 heteroatoms. The fraction of sp³-hybridized carbons (Fsp3) is 0.500. The molecule has 0 spiro atoms. The van der Waals surface area contributed by atoms with Crippen LogP contribution in [-0.2, 0) is 14.1 Å². The third kappa shape index (κ3) is 4.06. The molecule has 0 radical (unpaired) electrons. The highest BCUT2D eigenvalue weighted by atomic mass is 16.3. The average molecular weight is 387 g/mol. The third-order valence-electron chi connectivity index (χ3n) is 5.43. The van der Waals surface area contributed by atoms with E-state index in [2.05, 4.69) is 15.1 Å². The van der Waals surface area contributed by atoms with Gasteiger partial charge in [-0.05, 0) is 32.0 Å². The number of aromatic nitrogens is 2. The summed E-state index contributed by atoms with van der Waals surface area (Å²) in [5, 5.41) is 13.3. The zero-order valence-corrected chi connectivity index (χ0v) is 16.8. The number of phenols is 1. The van der Waals surface area contributed by atoms with Crippen molar-refractivity contribution < 1.29 is 5.11 Å². The maximum absolute atomic E-state index is 12.1. The molecular weight excluding hydrogens is 358 g/mol. The lowest BCUT2D eigenvalue weighted by atomic mass is 10.2. The molecule has 3 rings (SSSR count). The van der Waals surface area contributed by atoms with Gasteiger partial charge in [0, 0.05) is 46.8 Å². The summed E-state index contributed by atoms with van der Waals surface area (Å²) in [6.45, 7) is 7.03. The van der Waals surface area contributed by atoms with Gasteiger partial charge in [-0.25, -0.2) is 4.79 Å². The van der Waals surface area contributed by atoms with Gasteiger partial charge in [0.25, 0.3) is 5.56 Å². The zero-order chi connectivity index (χ0) is 20.3. The average Bonchev–Trinajstić information content (AvgIpc) is 2.71. The standard InChI is InChI=1S/C20H29N5O3/c1-15-18(22(2)20(28)23(3)19(15)27)21-9-6-10-24-11-13-25(14-12-24)16-7-4-5-8-17(16)26/h4-5,7-8,21,26H,6,9-14H2,1-3H3. The lowest BCUT2D eigenvalue weighted by molar-refractivity contribution is 0.256. The molecule has 1 aliphatic heterocycles. The molecule has 0 bridgehead atoms. The summed E-state index contributed by atoms with van der Waals surface area (Å²) in [5.41, 5.74) is 0.871. The molecule has 0 unspecified atom stereocenters. The van der Waals surface area contributed by atoms with Crippen LogP contribution >= 0.6 is 0 Å². The normalized spacial score (nSPS) is 15.0. The van der Waals surface area contributed by atoms with Gasteiger partial charge in [-0.2, -0.15) is 0 Å². The number of aromatic hydroxyl groups is 1. The van der Waals surface area contributed by atoms with Crippen LogP contribution in [0, 0.1) is 6.92 Å². The van der Waals surface area contributed by atoms with Gasteiger partial charge in [0.15, 0.2) is 0 Å². The van der Waals surface area contributed by atoms with E-state index < -0.39 is 0 Å². The Morgan fingerprint density at radius 3 is 2.39 bits per heavy atom. The second-order valence-electron chi connectivity index (χ2n) is 7.28. The molecule has 152 valence electrons. The van der Waals surface area contributed by atoms with Gasteiger partial charge in [0.1, 0.15) is 11.6 Å². The largest absolute Gasteiger partial charge is 0.506 e. The number of benzene rings is 1. The Morgan fingerprint density at radius 1 is 1.04 bits per heavy atom. The number of rotatable bonds is 6. The molecule has 2 aromatic rings. The van der Waals surface area contributed by atoms with Gasteiger partial charge in [-0.15, -0.1) is 0 Å². The molecule has 0 saturated carbocycles. The van der Waals surface area contributed by atoms with E-state index in [1.165, 1.54) is 11.6 Å². The van der Waals surface area contributed by atoms with Gasteiger partial charge in [0.05, 0.1) is 11.3 Å². The minimum atomic E-state index is -0.321. The molecule has 2 N–H and O–H groups in total. The molecule has 1 fully saturated rings. The number of phenolic OH excluding ortho intramolecular Hbond substituents is 1. The fourth-order valence-electron chi connectivity index (χ4n) is 3.72. The Kier molecular flexibility index (Phi) is 6.08. The van der Waals surface area contributed by atoms with Crippen LogP contribution in [0.4, 0.5) is 11.5 Å². The van der Waals surface area contributed by atoms with Crippen LogP contribution in [0.3, 0.4) is 0 Å². The Hall–Kier alpha value is -2.74. The van der Waals surface area contributed by atoms with Crippen molar-refractivity contribution in [3.63, 3.8) is 0 Å². The van der Waals surface area contributed by atoms with Crippen molar-refractivity contribution in [1.29, 1.82) is 0 Å². The summed E-state index contributed by atoms with van der Waals surface area (Å²) >= 11 is 0. The first-order valence-electron chi connectivity index (χ1n) is 9.66. The molecule has 1 aliphatic rings. The number of anilines is 2. The quantitative estimate of drug-likeness (QED) is 0.711. The van der Waals surface area contributed by atoms with Crippen molar-refractivity contribution in [2.45, 2.75) is 13.3 Å². The van der Waals surface area contributed by atoms with Gasteiger partial charge >= 0.3 is 5.69 Å². The van der Waals surface area contributed by atoms with Crippen molar-refractivity contribution in [3.8, 4) is 5.75 Å². The first kappa shape index (κ1) is 20.0. The summed E-state index contributed by atoms with van der Waals surface area (Å²) in [6, 6.07) is 7.45. The van der Waals surface area contributed by atoms with Crippen molar-refractivity contribution in [2.24, 2.45) is 14.1 Å². The lowest BCUT2D eigenvalue weighted by Gasteiger charge is -2.36. The molecule has 1 aromatic heterocycles. The predicted octanol–water partition coefficient (Wildman–Crippen LogP) is 0.722. The summed E-state index contributed by atoms with van der Waals surface area (Å²) in [7, 11) is 3.17. The first-order chi connectivity index (χ1) is 13.4. The molecule has 0 amide bonds. The Morgan fingerprint density at radius 2 is 1.71 bits per heavy atom. The van der Waals surface area contributed by atoms with Crippen LogP contribution in [0.15, 0.2) is 33.9 Å². The summed E-state index contributed by atoms with van der Waals surface area (Å²) < 4.78 is 2.62. The van der Waals surface area contributed by atoms with Crippen LogP contribution in [0.5, 0.6) is 5.75 Å². The minimum Gasteiger partial charge on any atom is -0.506 e. The van der Waals surface area contributed by atoms with Gasteiger partial charge < -0.3 is 15.3 Å². The van der Waals surface area contributed by atoms with Gasteiger partial charge in [-0.1, -0.05) is 12.1 Å². The van der Waals surface area contributed by atoms with Crippen LogP contribution in [-0.4, -0.2) is 58.4 Å². The van der Waals surface area contributed by atoms with E-state index in [0.717, 1.165) is 49.4 Å². The molecule has 1 aromatic carbocycles. The fourth-order valence-corrected chi connectivity index (χ4v) is 3.72. The zero-order valence-electron chi connectivity index (χ0n) is 16.8. The number of nitrogens with zero attached hydrogens (tertiary/aromatic N) is 4. The van der Waals surface area contributed by atoms with Gasteiger partial charge in [-0.3, -0.25) is 18.8 Å². The van der Waals surface area contributed by atoms with Crippen LogP contribution < -0.4 is 21.5 Å². The molecule has 28 heavy (non-hydrogen) atoms. The monoisotopic (exact) mass is 387 g/mol. The molecule has 2 heterocycles. The molecule has 1 saturated heterocycles. The van der Waals surface area contributed by atoms with Crippen molar-refractivity contribution >= 4 is 11.5 Å². The molecule has 0 atom stereocenters. The maximum atomic E-state index is 12.1. The third-order valence-corrected chi connectivity index (χ3v) is 5.43. The molecule has 8 nitrogen and oxygen atoms in total. The first-order valence-corrected chi connectivity index (χ1v) is 9.66. The van der Waals surface area contributed by atoms with E-state index in [0.29, 0.717) is 23.7 Å². The highest BCUT2D eigenvalue weighted by Crippen LogP contribution is 2.27. The van der Waals surface area contributed by atoms with Crippen molar-refractivity contribution in [2.75, 3.05) is 49.5 Å². The topological polar surface area (TPSA) is 82.7 Å². The van der Waals surface area contributed by atoms with Crippen LogP contribution in [0.2, 0.25) is 0 Å². The highest BCUT2D eigenvalue weighted by molar-refractivity contribution is 5.57. The van der Waals surface area contributed by atoms with Crippen LogP contribution in [0.1, 0.15) is 12.0 Å². The van der Waals surface area contributed by atoms with Crippen LogP contribution in [0.25, 0.3) is 0 Å². The number of nitrogens with one attached hydrogen (secondary N) is 1. The summed E-state index contributed by atoms with van der Waals surface area (Å²) in [6.07, 6.45) is 0.916. The van der Waals surface area contributed by atoms with E-state index in [-0.39, 0.29) is 11.2 Å². The SMILES string of the molecule is Cc1c(NCCCN2CCN(c3ccccc3O)CC2)n(C)c(=O)n(C)c1=O. The Bertz CT molecular complexity index is 905. The van der Waals surface area contributed by atoms with Crippen molar-refractivity contribution in [3.05, 3.63) is 50.7 Å². The summed E-state index contributed by atoms with van der Waals surface area (Å²) in [5.74, 6) is 0.924. The van der Waals surface area contributed by atoms with Gasteiger partial charge in [0.2, 0.25) is 0 Å². The number of piperazine rings is 1. The second-order valence-corrected chi connectivity index (χ2v) is 7.28. The van der Waals surface area contributed by atoms with E-state index in [9.17, 15) is 14.7 Å². The number of para-hydroxylation sites is 2. The maximum Gasteiger partial charge on any atom is 0.332 e. The van der Waals surface area contributed by atoms with E-state index >= 15 is 0 Å². The molecule has 0 aliphatic carbocycles. The summed E-state index contributed by atoms with van der Waals surface area (Å²) in [4.78, 5) is 28.8. The van der Waals surface area contributed by atoms with E-state index in [1.54, 1.807) is 20.0 Å². The lowest BCUT2D eigenvalue weighted by Crippen LogP contribution is -2.46. The second kappa shape index (κ2) is 8.52. The Labute approximate surface area is 164 Å². The minimum absolute atomic E-state index is 0.258.